The lowest BCUT2D eigenvalue weighted by molar-refractivity contribution is -0.137. The summed E-state index contributed by atoms with van der Waals surface area (Å²) in [6.07, 6.45) is 2.81. The first kappa shape index (κ1) is 21.3. The number of hydrogen-bond acceptors (Lipinski definition) is 6. The van der Waals surface area contributed by atoms with Crippen molar-refractivity contribution in [1.29, 1.82) is 0 Å². The number of carbonyl (C=O) groups is 1. The zero-order valence-electron chi connectivity index (χ0n) is 17.7. The van der Waals surface area contributed by atoms with Crippen LogP contribution in [-0.4, -0.2) is 48.9 Å². The van der Waals surface area contributed by atoms with Crippen molar-refractivity contribution in [2.45, 2.75) is 44.1 Å². The number of fused-ring (bicyclic) bond motifs is 2. The Morgan fingerprint density at radius 3 is 2.45 bits per heavy atom. The van der Waals surface area contributed by atoms with E-state index in [0.29, 0.717) is 17.2 Å². The van der Waals surface area contributed by atoms with Gasteiger partial charge in [-0.3, -0.25) is 9.78 Å². The third kappa shape index (κ3) is 3.90. The molecule has 2 fully saturated rings. The van der Waals surface area contributed by atoms with Crippen molar-refractivity contribution >= 4 is 11.7 Å². The molecule has 4 heterocycles. The number of rotatable bonds is 4. The van der Waals surface area contributed by atoms with Gasteiger partial charge in [-0.15, -0.1) is 0 Å². The molecule has 3 aromatic rings. The highest BCUT2D eigenvalue weighted by atomic mass is 19.4. The Bertz CT molecular complexity index is 1150. The van der Waals surface area contributed by atoms with Crippen molar-refractivity contribution in [3.8, 4) is 11.4 Å². The average molecular weight is 454 g/mol. The largest absolute Gasteiger partial charge is 0.417 e. The lowest BCUT2D eigenvalue weighted by atomic mass is 9.97. The molecule has 0 aromatic carbocycles. The van der Waals surface area contributed by atoms with Gasteiger partial charge in [-0.1, -0.05) is 0 Å². The molecular formula is C23H21F3N6O. The second kappa shape index (κ2) is 8.09. The Kier molecular flexibility index (Phi) is 5.22. The van der Waals surface area contributed by atoms with Crippen LogP contribution in [0.2, 0.25) is 0 Å². The molecule has 1 saturated heterocycles. The summed E-state index contributed by atoms with van der Waals surface area (Å²) >= 11 is 0. The van der Waals surface area contributed by atoms with E-state index < -0.39 is 11.7 Å². The first-order chi connectivity index (χ1) is 15.8. The lowest BCUT2D eigenvalue weighted by Gasteiger charge is -2.38. The van der Waals surface area contributed by atoms with Gasteiger partial charge in [0.1, 0.15) is 11.5 Å². The van der Waals surface area contributed by atoms with Crippen LogP contribution in [-0.2, 0) is 6.18 Å². The SMILES string of the molecule is CC1C2CC([C@@H](Nc3ccc(C(F)(F)F)cn3)C2)N1C(=O)c1ncccc1-c1ncccn1. The van der Waals surface area contributed by atoms with E-state index in [9.17, 15) is 18.0 Å². The number of nitrogens with one attached hydrogen (secondary N) is 1. The van der Waals surface area contributed by atoms with E-state index in [1.807, 2.05) is 11.8 Å². The van der Waals surface area contributed by atoms with Crippen LogP contribution >= 0.6 is 0 Å². The Labute approximate surface area is 188 Å². The molecule has 3 unspecified atom stereocenters. The minimum atomic E-state index is -4.43. The summed E-state index contributed by atoms with van der Waals surface area (Å²) in [5.74, 6) is 0.863. The van der Waals surface area contributed by atoms with Gasteiger partial charge in [-0.25, -0.2) is 15.0 Å². The fourth-order valence-corrected chi connectivity index (χ4v) is 4.93. The van der Waals surface area contributed by atoms with Crippen molar-refractivity contribution in [3.05, 3.63) is 66.4 Å². The van der Waals surface area contributed by atoms with Crippen LogP contribution in [0.15, 0.2) is 55.1 Å². The predicted molar refractivity (Wildman–Crippen MR) is 114 cm³/mol. The molecule has 1 N–H and O–H groups in total. The van der Waals surface area contributed by atoms with Crippen LogP contribution < -0.4 is 5.32 Å². The molecule has 1 amide bonds. The van der Waals surface area contributed by atoms with Crippen LogP contribution in [0.1, 0.15) is 35.8 Å². The number of likely N-dealkylation sites (tertiary alicyclic amines) is 1. The molecule has 4 atom stereocenters. The number of pyridine rings is 2. The molecular weight excluding hydrogens is 433 g/mol. The van der Waals surface area contributed by atoms with Crippen LogP contribution in [0.25, 0.3) is 11.4 Å². The number of hydrogen-bond donors (Lipinski definition) is 1. The molecule has 0 radical (unpaired) electrons. The molecule has 1 aliphatic heterocycles. The first-order valence-corrected chi connectivity index (χ1v) is 10.7. The van der Waals surface area contributed by atoms with E-state index >= 15 is 0 Å². The summed E-state index contributed by atoms with van der Waals surface area (Å²) in [7, 11) is 0. The van der Waals surface area contributed by atoms with E-state index in [4.69, 9.17) is 0 Å². The van der Waals surface area contributed by atoms with E-state index in [-0.39, 0.29) is 35.6 Å². The molecule has 0 spiro atoms. The van der Waals surface area contributed by atoms with Gasteiger partial charge < -0.3 is 10.2 Å². The van der Waals surface area contributed by atoms with Gasteiger partial charge >= 0.3 is 6.18 Å². The molecule has 33 heavy (non-hydrogen) atoms. The van der Waals surface area contributed by atoms with Crippen molar-refractivity contribution in [2.75, 3.05) is 5.32 Å². The predicted octanol–water partition coefficient (Wildman–Crippen LogP) is 4.06. The van der Waals surface area contributed by atoms with E-state index in [0.717, 1.165) is 25.1 Å². The molecule has 2 bridgehead atoms. The molecule has 1 saturated carbocycles. The normalized spacial score (nSPS) is 24.2. The smallest absolute Gasteiger partial charge is 0.365 e. The average Bonchev–Trinajstić information content (AvgIpc) is 3.36. The molecule has 2 aliphatic rings. The van der Waals surface area contributed by atoms with Gasteiger partial charge in [0.15, 0.2) is 5.82 Å². The van der Waals surface area contributed by atoms with Gasteiger partial charge in [-0.05, 0) is 56.0 Å². The highest BCUT2D eigenvalue weighted by Crippen LogP contribution is 2.44. The fourth-order valence-electron chi connectivity index (χ4n) is 4.93. The summed E-state index contributed by atoms with van der Waals surface area (Å²) in [5.41, 5.74) is 0.0544. The molecule has 1 aliphatic carbocycles. The summed E-state index contributed by atoms with van der Waals surface area (Å²) in [6.45, 7) is 2.02. The van der Waals surface area contributed by atoms with Gasteiger partial charge in [0.05, 0.1) is 17.2 Å². The lowest BCUT2D eigenvalue weighted by Crippen LogP contribution is -2.52. The van der Waals surface area contributed by atoms with E-state index in [2.05, 4.69) is 25.3 Å². The minimum absolute atomic E-state index is 0.0210. The maximum absolute atomic E-state index is 13.6. The highest BCUT2D eigenvalue weighted by Gasteiger charge is 2.52. The van der Waals surface area contributed by atoms with Gasteiger partial charge in [0, 0.05) is 36.9 Å². The summed E-state index contributed by atoms with van der Waals surface area (Å²) in [5, 5.41) is 3.24. The minimum Gasteiger partial charge on any atom is -0.365 e. The number of alkyl halides is 3. The van der Waals surface area contributed by atoms with Gasteiger partial charge in [0.2, 0.25) is 0 Å². The molecule has 7 nitrogen and oxygen atoms in total. The Hall–Kier alpha value is -3.56. The second-order valence-electron chi connectivity index (χ2n) is 8.40. The Balaban J connectivity index is 1.39. The number of nitrogens with zero attached hydrogens (tertiary/aromatic N) is 5. The van der Waals surface area contributed by atoms with Crippen LogP contribution in [0.4, 0.5) is 19.0 Å². The monoisotopic (exact) mass is 454 g/mol. The zero-order valence-corrected chi connectivity index (χ0v) is 17.7. The van der Waals surface area contributed by atoms with Crippen LogP contribution in [0.5, 0.6) is 0 Å². The Morgan fingerprint density at radius 2 is 1.79 bits per heavy atom. The number of aromatic nitrogens is 4. The van der Waals surface area contributed by atoms with Gasteiger partial charge in [0.25, 0.3) is 5.91 Å². The van der Waals surface area contributed by atoms with Crippen LogP contribution in [0.3, 0.4) is 0 Å². The second-order valence-corrected chi connectivity index (χ2v) is 8.40. The number of amides is 1. The molecule has 10 heteroatoms. The quantitative estimate of drug-likeness (QED) is 0.640. The van der Waals surface area contributed by atoms with Crippen molar-refractivity contribution in [3.63, 3.8) is 0 Å². The van der Waals surface area contributed by atoms with Crippen molar-refractivity contribution in [1.82, 2.24) is 24.8 Å². The zero-order chi connectivity index (χ0) is 23.2. The maximum Gasteiger partial charge on any atom is 0.417 e. The summed E-state index contributed by atoms with van der Waals surface area (Å²) in [6, 6.07) is 7.34. The standard InChI is InChI=1S/C23H21F3N6O/c1-13-14-10-17(31-19-6-5-15(12-30-19)23(24,25)26)18(11-14)32(13)22(33)20-16(4-2-7-27-20)21-28-8-3-9-29-21/h2-9,12-14,17-18H,10-11H2,1H3,(H,30,31)/t13?,14?,17-,18?/m0/s1. The van der Waals surface area contributed by atoms with Crippen molar-refractivity contribution < 1.29 is 18.0 Å². The molecule has 170 valence electrons. The topological polar surface area (TPSA) is 83.9 Å². The van der Waals surface area contributed by atoms with E-state index in [1.165, 1.54) is 6.07 Å². The third-order valence-corrected chi connectivity index (χ3v) is 6.52. The van der Waals surface area contributed by atoms with Crippen LogP contribution in [0, 0.1) is 5.92 Å². The first-order valence-electron chi connectivity index (χ1n) is 10.7. The summed E-state index contributed by atoms with van der Waals surface area (Å²) in [4.78, 5) is 32.3. The maximum atomic E-state index is 13.6. The van der Waals surface area contributed by atoms with Gasteiger partial charge in [-0.2, -0.15) is 13.2 Å². The Morgan fingerprint density at radius 1 is 1.03 bits per heavy atom. The number of anilines is 1. The fraction of sp³-hybridized carbons (Fsp3) is 0.348. The number of halogens is 3. The third-order valence-electron chi connectivity index (χ3n) is 6.52. The van der Waals surface area contributed by atoms with Crippen molar-refractivity contribution in [2.24, 2.45) is 5.92 Å². The van der Waals surface area contributed by atoms with E-state index in [1.54, 1.807) is 36.8 Å². The molecule has 5 rings (SSSR count). The molecule has 3 aromatic heterocycles. The number of piperidine rings is 1. The highest BCUT2D eigenvalue weighted by molar-refractivity contribution is 5.98. The summed E-state index contributed by atoms with van der Waals surface area (Å²) < 4.78 is 38.5. The number of carbonyl (C=O) groups excluding carboxylic acids is 1.